The molecule has 1 unspecified atom stereocenters. The highest BCUT2D eigenvalue weighted by atomic mass is 35.5. The van der Waals surface area contributed by atoms with Gasteiger partial charge in [-0.3, -0.25) is 0 Å². The largest absolute Gasteiger partial charge is 0.376 e. The first kappa shape index (κ1) is 18.7. The standard InChI is InChI=1S/C15H15Cl2N3O3S/c1-2-6-23-9-13(24(21)22)10-4-3-5-11(7-10)19-14-12(16)8-18-15(17)20-14/h2-5,7-8,13,24H,1,6,9H2,(H,18,19,20). The van der Waals surface area contributed by atoms with Gasteiger partial charge >= 0.3 is 0 Å². The van der Waals surface area contributed by atoms with E-state index in [2.05, 4.69) is 21.9 Å². The lowest BCUT2D eigenvalue weighted by atomic mass is 10.1. The summed E-state index contributed by atoms with van der Waals surface area (Å²) in [6.07, 6.45) is 2.94. The highest BCUT2D eigenvalue weighted by molar-refractivity contribution is 7.72. The molecular weight excluding hydrogens is 373 g/mol. The molecular formula is C15H15Cl2N3O3S. The molecule has 1 N–H and O–H groups in total. The van der Waals surface area contributed by atoms with Crippen molar-refractivity contribution in [3.05, 3.63) is 59.0 Å². The van der Waals surface area contributed by atoms with Crippen LogP contribution < -0.4 is 5.32 Å². The molecule has 24 heavy (non-hydrogen) atoms. The van der Waals surface area contributed by atoms with Crippen molar-refractivity contribution >= 4 is 45.4 Å². The van der Waals surface area contributed by atoms with Gasteiger partial charge in [-0.15, -0.1) is 6.58 Å². The maximum absolute atomic E-state index is 11.5. The first-order chi connectivity index (χ1) is 11.5. The number of anilines is 2. The van der Waals surface area contributed by atoms with E-state index in [1.807, 2.05) is 0 Å². The number of rotatable bonds is 8. The molecule has 1 aromatic heterocycles. The summed E-state index contributed by atoms with van der Waals surface area (Å²) >= 11 is 11.8. The number of hydrogen-bond donors (Lipinski definition) is 2. The molecule has 2 rings (SSSR count). The van der Waals surface area contributed by atoms with Crippen molar-refractivity contribution in [1.82, 2.24) is 9.97 Å². The molecule has 0 fully saturated rings. The Morgan fingerprint density at radius 1 is 1.38 bits per heavy atom. The Bertz CT molecular complexity index is 791. The quantitative estimate of drug-likeness (QED) is 0.312. The Balaban J connectivity index is 2.23. The first-order valence-corrected chi connectivity index (χ1v) is 8.88. The molecule has 128 valence electrons. The number of nitrogens with zero attached hydrogens (tertiary/aromatic N) is 2. The average Bonchev–Trinajstić information content (AvgIpc) is 2.55. The van der Waals surface area contributed by atoms with Gasteiger partial charge in [0.05, 0.1) is 19.4 Å². The third kappa shape index (κ3) is 5.17. The molecule has 0 saturated carbocycles. The SMILES string of the molecule is C=CCOCC(c1cccc(Nc2nc(Cl)ncc2Cl)c1)[SH](=O)=O. The Morgan fingerprint density at radius 3 is 2.88 bits per heavy atom. The zero-order valence-corrected chi connectivity index (χ0v) is 14.9. The van der Waals surface area contributed by atoms with Crippen LogP contribution in [0.4, 0.5) is 11.5 Å². The second-order valence-electron chi connectivity index (χ2n) is 4.71. The molecule has 0 saturated heterocycles. The Labute approximate surface area is 151 Å². The zero-order valence-electron chi connectivity index (χ0n) is 12.5. The molecule has 0 aliphatic carbocycles. The fraction of sp³-hybridized carbons (Fsp3) is 0.200. The summed E-state index contributed by atoms with van der Waals surface area (Å²) in [6, 6.07) is 6.90. The van der Waals surface area contributed by atoms with E-state index in [0.717, 1.165) is 0 Å². The van der Waals surface area contributed by atoms with Crippen molar-refractivity contribution in [2.24, 2.45) is 0 Å². The minimum Gasteiger partial charge on any atom is -0.376 e. The van der Waals surface area contributed by atoms with Gasteiger partial charge in [0.2, 0.25) is 5.28 Å². The molecule has 0 amide bonds. The van der Waals surface area contributed by atoms with Crippen LogP contribution in [0.1, 0.15) is 10.8 Å². The molecule has 1 aromatic carbocycles. The van der Waals surface area contributed by atoms with Crippen LogP contribution in [0.15, 0.2) is 43.1 Å². The van der Waals surface area contributed by atoms with Crippen molar-refractivity contribution < 1.29 is 13.2 Å². The maximum atomic E-state index is 11.5. The van der Waals surface area contributed by atoms with Gasteiger partial charge < -0.3 is 10.1 Å². The van der Waals surface area contributed by atoms with E-state index in [1.54, 1.807) is 30.3 Å². The summed E-state index contributed by atoms with van der Waals surface area (Å²) in [6.45, 7) is 3.86. The number of ether oxygens (including phenoxy) is 1. The summed E-state index contributed by atoms with van der Waals surface area (Å²) in [7, 11) is -2.70. The monoisotopic (exact) mass is 387 g/mol. The van der Waals surface area contributed by atoms with Crippen LogP contribution in [0.2, 0.25) is 10.3 Å². The van der Waals surface area contributed by atoms with Gasteiger partial charge in [0, 0.05) is 5.69 Å². The van der Waals surface area contributed by atoms with E-state index in [1.165, 1.54) is 6.20 Å². The number of thiol groups is 1. The molecule has 6 nitrogen and oxygen atoms in total. The molecule has 0 radical (unpaired) electrons. The highest BCUT2D eigenvalue weighted by Crippen LogP contribution is 2.26. The lowest BCUT2D eigenvalue weighted by molar-refractivity contribution is 0.162. The Kier molecular flexibility index (Phi) is 6.99. The molecule has 0 aliphatic heterocycles. The summed E-state index contributed by atoms with van der Waals surface area (Å²) in [4.78, 5) is 7.76. The zero-order chi connectivity index (χ0) is 17.5. The van der Waals surface area contributed by atoms with E-state index in [9.17, 15) is 8.42 Å². The van der Waals surface area contributed by atoms with E-state index in [4.69, 9.17) is 27.9 Å². The second kappa shape index (κ2) is 8.98. The minimum atomic E-state index is -2.70. The van der Waals surface area contributed by atoms with Crippen molar-refractivity contribution in [3.63, 3.8) is 0 Å². The summed E-state index contributed by atoms with van der Waals surface area (Å²) in [5, 5.41) is 2.58. The lowest BCUT2D eigenvalue weighted by Gasteiger charge is -2.13. The minimum absolute atomic E-state index is 0.0499. The van der Waals surface area contributed by atoms with Crippen molar-refractivity contribution in [2.75, 3.05) is 18.5 Å². The normalized spacial score (nSPS) is 12.1. The topological polar surface area (TPSA) is 81.2 Å². The maximum Gasteiger partial charge on any atom is 0.224 e. The van der Waals surface area contributed by atoms with Crippen LogP contribution in [0.5, 0.6) is 0 Å². The van der Waals surface area contributed by atoms with E-state index in [-0.39, 0.29) is 18.5 Å². The second-order valence-corrected chi connectivity index (χ2v) is 6.65. The fourth-order valence-corrected chi connectivity index (χ4v) is 2.84. The van der Waals surface area contributed by atoms with Crippen LogP contribution >= 0.6 is 23.2 Å². The molecule has 1 heterocycles. The van der Waals surface area contributed by atoms with Crippen LogP contribution in [0.25, 0.3) is 0 Å². The van der Waals surface area contributed by atoms with Gasteiger partial charge in [-0.05, 0) is 29.3 Å². The predicted molar refractivity (Wildman–Crippen MR) is 95.8 cm³/mol. The van der Waals surface area contributed by atoms with Crippen molar-refractivity contribution in [3.8, 4) is 0 Å². The van der Waals surface area contributed by atoms with Gasteiger partial charge in [-0.25, -0.2) is 13.4 Å². The Hall–Kier alpha value is -1.67. The van der Waals surface area contributed by atoms with Gasteiger partial charge in [-0.2, -0.15) is 4.98 Å². The summed E-state index contributed by atoms with van der Waals surface area (Å²) < 4.78 is 28.3. The third-order valence-corrected chi connectivity index (χ3v) is 4.43. The van der Waals surface area contributed by atoms with Crippen LogP contribution in [0.3, 0.4) is 0 Å². The van der Waals surface area contributed by atoms with Crippen molar-refractivity contribution in [1.29, 1.82) is 0 Å². The van der Waals surface area contributed by atoms with Gasteiger partial charge in [0.25, 0.3) is 0 Å². The Morgan fingerprint density at radius 2 is 2.17 bits per heavy atom. The number of halogens is 2. The van der Waals surface area contributed by atoms with E-state index in [0.29, 0.717) is 22.1 Å². The van der Waals surface area contributed by atoms with Crippen LogP contribution in [-0.2, 0) is 15.4 Å². The molecule has 0 bridgehead atoms. The fourth-order valence-electron chi connectivity index (χ4n) is 1.94. The molecule has 9 heteroatoms. The molecule has 0 spiro atoms. The summed E-state index contributed by atoms with van der Waals surface area (Å²) in [5.41, 5.74) is 1.21. The van der Waals surface area contributed by atoms with Gasteiger partial charge in [0.1, 0.15) is 21.0 Å². The van der Waals surface area contributed by atoms with E-state index >= 15 is 0 Å². The smallest absolute Gasteiger partial charge is 0.224 e. The van der Waals surface area contributed by atoms with Crippen LogP contribution in [-0.4, -0.2) is 31.6 Å². The lowest BCUT2D eigenvalue weighted by Crippen LogP contribution is -2.10. The molecule has 2 aromatic rings. The average molecular weight is 388 g/mol. The van der Waals surface area contributed by atoms with Crippen LogP contribution in [0, 0.1) is 0 Å². The number of benzene rings is 1. The van der Waals surface area contributed by atoms with Gasteiger partial charge in [-0.1, -0.05) is 29.8 Å². The molecule has 0 aliphatic rings. The number of aromatic nitrogens is 2. The summed E-state index contributed by atoms with van der Waals surface area (Å²) in [5.74, 6) is 0.333. The number of hydrogen-bond acceptors (Lipinski definition) is 6. The predicted octanol–water partition coefficient (Wildman–Crippen LogP) is 3.38. The third-order valence-electron chi connectivity index (χ3n) is 3.01. The molecule has 1 atom stereocenters. The van der Waals surface area contributed by atoms with Crippen molar-refractivity contribution in [2.45, 2.75) is 5.25 Å². The van der Waals surface area contributed by atoms with E-state index < -0.39 is 16.0 Å². The number of nitrogens with one attached hydrogen (secondary N) is 1. The first-order valence-electron chi connectivity index (χ1n) is 6.88. The van der Waals surface area contributed by atoms with Gasteiger partial charge in [0.15, 0.2) is 5.82 Å². The highest BCUT2D eigenvalue weighted by Gasteiger charge is 2.15.